The van der Waals surface area contributed by atoms with E-state index in [0.29, 0.717) is 17.0 Å². The maximum absolute atomic E-state index is 14.3. The van der Waals surface area contributed by atoms with E-state index >= 15 is 0 Å². The normalized spacial score (nSPS) is 22.2. The van der Waals surface area contributed by atoms with Gasteiger partial charge in [-0.15, -0.1) is 0 Å². The molecule has 1 heterocycles. The molecule has 9 nitrogen and oxygen atoms in total. The largest absolute Gasteiger partial charge is 0.497 e. The highest BCUT2D eigenvalue weighted by atomic mass is 79.9. The molecule has 9 rings (SSSR count). The third-order valence-corrected chi connectivity index (χ3v) is 12.7. The molecule has 52 heavy (non-hydrogen) atoms. The molecular weight excluding hydrogens is 794 g/mol. The summed E-state index contributed by atoms with van der Waals surface area (Å²) >= 11 is 8.00. The fourth-order valence-corrected chi connectivity index (χ4v) is 9.89. The molecule has 0 aromatic heterocycles. The maximum atomic E-state index is 14.3. The van der Waals surface area contributed by atoms with Crippen molar-refractivity contribution in [3.8, 4) is 11.5 Å². The van der Waals surface area contributed by atoms with Gasteiger partial charge in [-0.25, -0.2) is 14.5 Å². The van der Waals surface area contributed by atoms with Gasteiger partial charge in [0.15, 0.2) is 12.4 Å². The van der Waals surface area contributed by atoms with Gasteiger partial charge in [-0.3, -0.25) is 14.4 Å². The molecular formula is C41H27Br2NO8. The van der Waals surface area contributed by atoms with E-state index in [0.717, 1.165) is 22.3 Å². The van der Waals surface area contributed by atoms with Crippen LogP contribution < -0.4 is 14.4 Å². The Kier molecular flexibility index (Phi) is 8.23. The Balaban J connectivity index is 0.948. The Hall–Kier alpha value is -5.39. The first kappa shape index (κ1) is 33.7. The number of alkyl halides is 2. The van der Waals surface area contributed by atoms with Gasteiger partial charge in [-0.2, -0.15) is 0 Å². The van der Waals surface area contributed by atoms with Crippen LogP contribution in [-0.4, -0.2) is 43.3 Å². The lowest BCUT2D eigenvalue weighted by Crippen LogP contribution is -2.56. The van der Waals surface area contributed by atoms with Gasteiger partial charge in [0.2, 0.25) is 11.8 Å². The molecule has 2 unspecified atom stereocenters. The SMILES string of the molecule is COc1cccc(C(=O)Oc2ccc(C(=O)COC(=O)c3ccc(N4C(=O)C5C(C4=O)C4(Br)c6ccccc6C5(Br)c5ccccc54)cc3)cc2)c1. The molecule has 2 bridgehead atoms. The zero-order valence-corrected chi connectivity index (χ0v) is 30.5. The molecule has 4 aliphatic rings. The van der Waals surface area contributed by atoms with Crippen LogP contribution in [0.3, 0.4) is 0 Å². The van der Waals surface area contributed by atoms with Crippen LogP contribution in [0.1, 0.15) is 53.3 Å². The molecule has 0 saturated carbocycles. The molecule has 1 aliphatic heterocycles. The van der Waals surface area contributed by atoms with E-state index in [1.54, 1.807) is 24.3 Å². The quantitative estimate of drug-likeness (QED) is 0.0525. The number of hydrogen-bond donors (Lipinski definition) is 0. The first-order chi connectivity index (χ1) is 25.1. The van der Waals surface area contributed by atoms with Crippen LogP contribution in [0.4, 0.5) is 5.69 Å². The number of benzene rings is 5. The third kappa shape index (κ3) is 5.05. The van der Waals surface area contributed by atoms with Crippen molar-refractivity contribution in [2.24, 2.45) is 11.8 Å². The summed E-state index contributed by atoms with van der Waals surface area (Å²) in [5.41, 5.74) is 4.77. The zero-order valence-electron chi connectivity index (χ0n) is 27.4. The summed E-state index contributed by atoms with van der Waals surface area (Å²) in [6.45, 7) is -0.530. The molecule has 3 aliphatic carbocycles. The van der Waals surface area contributed by atoms with E-state index in [1.165, 1.54) is 60.5 Å². The van der Waals surface area contributed by atoms with Crippen LogP contribution in [0.2, 0.25) is 0 Å². The second-order valence-electron chi connectivity index (χ2n) is 12.7. The molecule has 5 aromatic carbocycles. The lowest BCUT2D eigenvalue weighted by Gasteiger charge is -2.55. The van der Waals surface area contributed by atoms with Crippen molar-refractivity contribution in [2.45, 2.75) is 8.65 Å². The number of halogens is 2. The third-order valence-electron chi connectivity index (χ3n) is 9.97. The summed E-state index contributed by atoms with van der Waals surface area (Å²) in [5, 5.41) is 0. The van der Waals surface area contributed by atoms with Crippen molar-refractivity contribution in [1.29, 1.82) is 0 Å². The molecule has 1 fully saturated rings. The van der Waals surface area contributed by atoms with Crippen LogP contribution in [-0.2, 0) is 23.0 Å². The number of esters is 2. The minimum absolute atomic E-state index is 0.140. The van der Waals surface area contributed by atoms with Gasteiger partial charge in [0.1, 0.15) is 11.5 Å². The predicted molar refractivity (Wildman–Crippen MR) is 197 cm³/mol. The summed E-state index contributed by atoms with van der Waals surface area (Å²) in [4.78, 5) is 68.0. The topological polar surface area (TPSA) is 116 Å². The number of carbonyl (C=O) groups excluding carboxylic acids is 5. The minimum Gasteiger partial charge on any atom is -0.497 e. The van der Waals surface area contributed by atoms with E-state index in [4.69, 9.17) is 14.2 Å². The van der Waals surface area contributed by atoms with Gasteiger partial charge >= 0.3 is 11.9 Å². The first-order valence-corrected chi connectivity index (χ1v) is 17.9. The highest BCUT2D eigenvalue weighted by Gasteiger charge is 2.72. The van der Waals surface area contributed by atoms with Gasteiger partial charge in [-0.05, 0) is 89.0 Å². The number of ether oxygens (including phenoxy) is 3. The van der Waals surface area contributed by atoms with Crippen molar-refractivity contribution in [2.75, 3.05) is 18.6 Å². The molecule has 258 valence electrons. The lowest BCUT2D eigenvalue weighted by atomic mass is 9.54. The van der Waals surface area contributed by atoms with Crippen LogP contribution in [0.25, 0.3) is 0 Å². The molecule has 2 atom stereocenters. The highest BCUT2D eigenvalue weighted by molar-refractivity contribution is 9.10. The number of amides is 2. The van der Waals surface area contributed by atoms with Gasteiger partial charge in [-0.1, -0.05) is 86.5 Å². The highest BCUT2D eigenvalue weighted by Crippen LogP contribution is 2.70. The van der Waals surface area contributed by atoms with Gasteiger partial charge in [0.25, 0.3) is 0 Å². The fourth-order valence-electron chi connectivity index (χ4n) is 7.59. The second kappa shape index (κ2) is 12.7. The molecule has 0 spiro atoms. The molecule has 5 aromatic rings. The average Bonchev–Trinajstić information content (AvgIpc) is 3.46. The van der Waals surface area contributed by atoms with Crippen molar-refractivity contribution >= 4 is 67.1 Å². The minimum atomic E-state index is -0.917. The fraction of sp³-hybridized carbons (Fsp3) is 0.146. The van der Waals surface area contributed by atoms with Gasteiger partial charge in [0, 0.05) is 5.56 Å². The van der Waals surface area contributed by atoms with Gasteiger partial charge < -0.3 is 14.2 Å². The monoisotopic (exact) mass is 819 g/mol. The first-order valence-electron chi connectivity index (χ1n) is 16.3. The van der Waals surface area contributed by atoms with Gasteiger partial charge in [0.05, 0.1) is 44.4 Å². The number of nitrogens with zero attached hydrogens (tertiary/aromatic N) is 1. The number of anilines is 1. The van der Waals surface area contributed by atoms with Crippen LogP contribution in [0, 0.1) is 11.8 Å². The summed E-state index contributed by atoms with van der Waals surface area (Å²) in [7, 11) is 1.50. The molecule has 11 heteroatoms. The van der Waals surface area contributed by atoms with Crippen molar-refractivity contribution in [3.63, 3.8) is 0 Å². The van der Waals surface area contributed by atoms with E-state index in [1.807, 2.05) is 48.5 Å². The molecule has 1 saturated heterocycles. The summed E-state index contributed by atoms with van der Waals surface area (Å²) in [5.74, 6) is -3.20. The lowest BCUT2D eigenvalue weighted by molar-refractivity contribution is -0.122. The number of hydrogen-bond acceptors (Lipinski definition) is 8. The Morgan fingerprint density at radius 3 is 1.65 bits per heavy atom. The molecule has 2 amide bonds. The van der Waals surface area contributed by atoms with Crippen LogP contribution in [0.15, 0.2) is 121 Å². The number of rotatable bonds is 8. The van der Waals surface area contributed by atoms with E-state index in [-0.39, 0.29) is 28.7 Å². The van der Waals surface area contributed by atoms with Crippen LogP contribution >= 0.6 is 31.9 Å². The van der Waals surface area contributed by atoms with Crippen molar-refractivity contribution in [1.82, 2.24) is 0 Å². The number of methoxy groups -OCH3 is 1. The number of Topliss-reactive ketones (excluding diaryl/α,β-unsaturated/α-hetero) is 1. The number of ketones is 1. The molecule has 0 N–H and O–H groups in total. The average molecular weight is 821 g/mol. The summed E-state index contributed by atoms with van der Waals surface area (Å²) in [6.07, 6.45) is 0. The zero-order chi connectivity index (χ0) is 36.4. The summed E-state index contributed by atoms with van der Waals surface area (Å²) < 4.78 is 14.0. The van der Waals surface area contributed by atoms with Crippen molar-refractivity contribution in [3.05, 3.63) is 160 Å². The van der Waals surface area contributed by atoms with E-state index in [2.05, 4.69) is 31.9 Å². The number of imide groups is 1. The smallest absolute Gasteiger partial charge is 0.343 e. The Morgan fingerprint density at radius 1 is 0.615 bits per heavy atom. The second-order valence-corrected chi connectivity index (χ2v) is 15.2. The van der Waals surface area contributed by atoms with E-state index < -0.39 is 44.8 Å². The van der Waals surface area contributed by atoms with E-state index in [9.17, 15) is 24.0 Å². The Bertz CT molecular complexity index is 2200. The van der Waals surface area contributed by atoms with Crippen LogP contribution in [0.5, 0.6) is 11.5 Å². The standard InChI is InChI=1S/C41H27Br2NO8/c1-50-28-8-6-7-25(21-28)39(49)52-27-19-15-23(16-20-27)33(45)22-51-38(48)24-13-17-26(18-14-24)44-36(46)34-35(37(44)47)41(43)30-10-3-2-9-29(30)40(34,42)31-11-4-5-12-32(31)41/h2-21,34-35H,22H2,1H3. The Morgan fingerprint density at radius 2 is 1.13 bits per heavy atom. The Labute approximate surface area is 314 Å². The molecule has 0 radical (unpaired) electrons. The summed E-state index contributed by atoms with van der Waals surface area (Å²) in [6, 6.07) is 34.1. The number of carbonyl (C=O) groups is 5. The van der Waals surface area contributed by atoms with Crippen molar-refractivity contribution < 1.29 is 38.2 Å². The predicted octanol–water partition coefficient (Wildman–Crippen LogP) is 7.36. The maximum Gasteiger partial charge on any atom is 0.343 e.